The van der Waals surface area contributed by atoms with Crippen molar-refractivity contribution in [3.8, 4) is 0 Å². The molecule has 23 heavy (non-hydrogen) atoms. The van der Waals surface area contributed by atoms with Crippen molar-refractivity contribution in [2.45, 2.75) is 52.2 Å². The number of nitrogens with zero attached hydrogens (tertiary/aromatic N) is 5. The highest BCUT2D eigenvalue weighted by molar-refractivity contribution is 5.49. The average Bonchev–Trinajstić information content (AvgIpc) is 3.13. The summed E-state index contributed by atoms with van der Waals surface area (Å²) in [7, 11) is 2.17. The van der Waals surface area contributed by atoms with E-state index < -0.39 is 0 Å². The molecule has 3 heterocycles. The first-order chi connectivity index (χ1) is 11.0. The van der Waals surface area contributed by atoms with Crippen LogP contribution < -0.4 is 4.90 Å². The third-order valence-corrected chi connectivity index (χ3v) is 5.61. The molecule has 2 aliphatic rings. The zero-order valence-corrected chi connectivity index (χ0v) is 14.4. The Bertz CT molecular complexity index is 725. The van der Waals surface area contributed by atoms with Gasteiger partial charge in [0, 0.05) is 42.8 Å². The van der Waals surface area contributed by atoms with E-state index in [1.54, 1.807) is 6.33 Å². The second-order valence-electron chi connectivity index (χ2n) is 7.45. The van der Waals surface area contributed by atoms with Gasteiger partial charge in [0.05, 0.1) is 6.10 Å². The maximum atomic E-state index is 5.94. The number of hydrogen-bond acceptors (Lipinski definition) is 5. The van der Waals surface area contributed by atoms with Gasteiger partial charge in [0.15, 0.2) is 0 Å². The van der Waals surface area contributed by atoms with E-state index in [1.807, 2.05) is 4.52 Å². The molecule has 124 valence electrons. The van der Waals surface area contributed by atoms with Gasteiger partial charge in [0.1, 0.15) is 12.1 Å². The van der Waals surface area contributed by atoms with Crippen molar-refractivity contribution in [3.05, 3.63) is 18.1 Å². The van der Waals surface area contributed by atoms with Crippen LogP contribution in [0.2, 0.25) is 0 Å². The summed E-state index contributed by atoms with van der Waals surface area (Å²) in [5.41, 5.74) is 1.24. The van der Waals surface area contributed by atoms with Gasteiger partial charge in [0.2, 0.25) is 0 Å². The monoisotopic (exact) mass is 315 g/mol. The first kappa shape index (κ1) is 14.9. The molecule has 1 saturated carbocycles. The summed E-state index contributed by atoms with van der Waals surface area (Å²) >= 11 is 0. The Morgan fingerprint density at radius 2 is 2.26 bits per heavy atom. The molecule has 2 aromatic rings. The summed E-state index contributed by atoms with van der Waals surface area (Å²) in [5.74, 6) is 2.38. The van der Waals surface area contributed by atoms with Crippen molar-refractivity contribution in [3.63, 3.8) is 0 Å². The molecular weight excluding hydrogens is 290 g/mol. The molecule has 1 saturated heterocycles. The van der Waals surface area contributed by atoms with Crippen molar-refractivity contribution in [2.24, 2.45) is 11.3 Å². The van der Waals surface area contributed by atoms with Crippen molar-refractivity contribution in [2.75, 3.05) is 18.6 Å². The van der Waals surface area contributed by atoms with Gasteiger partial charge in [-0.3, -0.25) is 0 Å². The lowest BCUT2D eigenvalue weighted by Crippen LogP contribution is -2.66. The van der Waals surface area contributed by atoms with E-state index in [9.17, 15) is 0 Å². The van der Waals surface area contributed by atoms with Crippen LogP contribution in [-0.4, -0.2) is 45.4 Å². The van der Waals surface area contributed by atoms with E-state index in [0.717, 1.165) is 37.4 Å². The number of anilines is 1. The lowest BCUT2D eigenvalue weighted by atomic mass is 9.57. The number of ether oxygens (including phenoxy) is 1. The van der Waals surface area contributed by atoms with Gasteiger partial charge in [-0.2, -0.15) is 14.6 Å². The highest BCUT2D eigenvalue weighted by Crippen LogP contribution is 2.54. The zero-order chi connectivity index (χ0) is 16.2. The molecule has 6 nitrogen and oxygen atoms in total. The van der Waals surface area contributed by atoms with Crippen LogP contribution in [0.4, 0.5) is 5.82 Å². The van der Waals surface area contributed by atoms with E-state index >= 15 is 0 Å². The van der Waals surface area contributed by atoms with Gasteiger partial charge in [-0.25, -0.2) is 4.98 Å². The van der Waals surface area contributed by atoms with Crippen molar-refractivity contribution < 1.29 is 4.74 Å². The van der Waals surface area contributed by atoms with Crippen LogP contribution in [0, 0.1) is 11.3 Å². The lowest BCUT2D eigenvalue weighted by molar-refractivity contribution is -0.101. The summed E-state index contributed by atoms with van der Waals surface area (Å²) in [6, 6.07) is 2.63. The first-order valence-electron chi connectivity index (χ1n) is 8.58. The zero-order valence-electron chi connectivity index (χ0n) is 14.4. The topological polar surface area (TPSA) is 55.6 Å². The van der Waals surface area contributed by atoms with Crippen LogP contribution in [0.1, 0.15) is 39.3 Å². The maximum absolute atomic E-state index is 5.94. The fourth-order valence-corrected chi connectivity index (χ4v) is 4.71. The summed E-state index contributed by atoms with van der Waals surface area (Å²) in [6.45, 7) is 7.69. The van der Waals surface area contributed by atoms with Crippen molar-refractivity contribution >= 4 is 11.6 Å². The Labute approximate surface area is 136 Å². The quantitative estimate of drug-likeness (QED) is 0.867. The third kappa shape index (κ3) is 2.07. The smallest absolute Gasteiger partial charge is 0.254 e. The first-order valence-corrected chi connectivity index (χ1v) is 8.58. The maximum Gasteiger partial charge on any atom is 0.254 e. The van der Waals surface area contributed by atoms with Crippen LogP contribution in [0.5, 0.6) is 0 Å². The molecule has 0 spiro atoms. The lowest BCUT2D eigenvalue weighted by Gasteiger charge is -2.58. The van der Waals surface area contributed by atoms with Gasteiger partial charge in [-0.15, -0.1) is 0 Å². The van der Waals surface area contributed by atoms with E-state index in [1.165, 1.54) is 0 Å². The molecular formula is C17H25N5O. The Hall–Kier alpha value is -1.69. The van der Waals surface area contributed by atoms with Gasteiger partial charge < -0.3 is 9.64 Å². The van der Waals surface area contributed by atoms with Crippen LogP contribution in [0.25, 0.3) is 5.78 Å². The second kappa shape index (κ2) is 5.16. The van der Waals surface area contributed by atoms with Crippen LogP contribution in [0.15, 0.2) is 12.4 Å². The molecule has 0 N–H and O–H groups in total. The summed E-state index contributed by atoms with van der Waals surface area (Å²) in [6.07, 6.45) is 5.17. The molecule has 6 heteroatoms. The predicted octanol–water partition coefficient (Wildman–Crippen LogP) is 2.33. The molecule has 0 amide bonds. The fourth-order valence-electron chi connectivity index (χ4n) is 4.71. The molecule has 0 radical (unpaired) electrons. The normalized spacial score (nSPS) is 28.6. The van der Waals surface area contributed by atoms with E-state index in [2.05, 4.69) is 53.9 Å². The van der Waals surface area contributed by atoms with Crippen LogP contribution in [0.3, 0.4) is 0 Å². The molecule has 1 aliphatic carbocycles. The summed E-state index contributed by atoms with van der Waals surface area (Å²) in [5, 5.41) is 4.39. The molecule has 2 fully saturated rings. The highest BCUT2D eigenvalue weighted by atomic mass is 16.5. The van der Waals surface area contributed by atoms with Gasteiger partial charge >= 0.3 is 0 Å². The standard InChI is InChI=1S/C17H25N5O/c1-5-6-11-9-13(22-16(20-11)18-10-19-22)21(4)14-12-7-8-23-15(12)17(14,2)3/h9-10,12,14-15H,5-8H2,1-4H3/t12-,14+,15+/m0/s1. The van der Waals surface area contributed by atoms with E-state index in [-0.39, 0.29) is 5.41 Å². The van der Waals surface area contributed by atoms with Gasteiger partial charge in [0.25, 0.3) is 5.78 Å². The Kier molecular flexibility index (Phi) is 3.34. The van der Waals surface area contributed by atoms with Crippen LogP contribution >= 0.6 is 0 Å². The second-order valence-corrected chi connectivity index (χ2v) is 7.45. The minimum atomic E-state index is 0.150. The van der Waals surface area contributed by atoms with Gasteiger partial charge in [-0.05, 0) is 12.8 Å². The molecule has 1 aliphatic heterocycles. The molecule has 0 aromatic carbocycles. The third-order valence-electron chi connectivity index (χ3n) is 5.61. The molecule has 4 rings (SSSR count). The summed E-state index contributed by atoms with van der Waals surface area (Å²) in [4.78, 5) is 11.3. The Morgan fingerprint density at radius 1 is 1.43 bits per heavy atom. The SMILES string of the molecule is CCCc1cc(N(C)[C@@H]2[C@@H]3CCO[C@H]3C2(C)C)n2ncnc2n1. The fraction of sp³-hybridized carbons (Fsp3) is 0.706. The number of fused-ring (bicyclic) bond motifs is 2. The van der Waals surface area contributed by atoms with Crippen LogP contribution in [-0.2, 0) is 11.2 Å². The number of aryl methyl sites for hydroxylation is 1. The van der Waals surface area contributed by atoms with Gasteiger partial charge in [-0.1, -0.05) is 27.2 Å². The summed E-state index contributed by atoms with van der Waals surface area (Å²) < 4.78 is 7.80. The number of aromatic nitrogens is 4. The Balaban J connectivity index is 1.74. The van der Waals surface area contributed by atoms with E-state index in [0.29, 0.717) is 23.8 Å². The molecule has 0 bridgehead atoms. The molecule has 3 atom stereocenters. The largest absolute Gasteiger partial charge is 0.377 e. The average molecular weight is 315 g/mol. The van der Waals surface area contributed by atoms with E-state index in [4.69, 9.17) is 4.74 Å². The highest BCUT2D eigenvalue weighted by Gasteiger charge is 2.61. The number of hydrogen-bond donors (Lipinski definition) is 0. The minimum Gasteiger partial charge on any atom is -0.377 e. The van der Waals surface area contributed by atoms with Crippen molar-refractivity contribution in [1.29, 1.82) is 0 Å². The number of rotatable bonds is 4. The minimum absolute atomic E-state index is 0.150. The molecule has 2 aromatic heterocycles. The van der Waals surface area contributed by atoms with Crippen molar-refractivity contribution in [1.82, 2.24) is 19.6 Å². The predicted molar refractivity (Wildman–Crippen MR) is 88.6 cm³/mol. The Morgan fingerprint density at radius 3 is 3.04 bits per heavy atom. The molecule has 0 unspecified atom stereocenters.